The first-order valence-electron chi connectivity index (χ1n) is 17.2. The monoisotopic (exact) mass is 770 g/mol. The first kappa shape index (κ1) is 35.4. The van der Waals surface area contributed by atoms with Gasteiger partial charge >= 0.3 is 5.69 Å². The number of amides is 1. The van der Waals surface area contributed by atoms with E-state index in [0.29, 0.717) is 37.0 Å². The number of nitrogens with one attached hydrogen (secondary N) is 2. The zero-order chi connectivity index (χ0) is 35.1. The Hall–Kier alpha value is -5.05. The number of benzene rings is 2. The van der Waals surface area contributed by atoms with Crippen molar-refractivity contribution in [1.82, 2.24) is 39.0 Å². The second kappa shape index (κ2) is 14.9. The summed E-state index contributed by atoms with van der Waals surface area (Å²) in [5.74, 6) is -1.50. The molecular formula is C38H37BrF2N8O3. The van der Waals surface area contributed by atoms with Crippen LogP contribution in [-0.2, 0) is 6.54 Å². The predicted octanol–water partition coefficient (Wildman–Crippen LogP) is 5.04. The van der Waals surface area contributed by atoms with Crippen LogP contribution in [0.2, 0.25) is 0 Å². The molecule has 0 unspecified atom stereocenters. The maximum absolute atomic E-state index is 14.5. The van der Waals surface area contributed by atoms with Gasteiger partial charge in [0.25, 0.3) is 11.5 Å². The molecule has 268 valence electrons. The van der Waals surface area contributed by atoms with Crippen LogP contribution in [0.5, 0.6) is 0 Å². The topological polar surface area (TPSA) is 119 Å². The minimum absolute atomic E-state index is 0. The molecule has 2 N–H and O–H groups in total. The quantitative estimate of drug-likeness (QED) is 0.234. The third kappa shape index (κ3) is 7.05. The van der Waals surface area contributed by atoms with Crippen LogP contribution in [0.4, 0.5) is 8.78 Å². The molecule has 6 aromatic rings. The lowest BCUT2D eigenvalue weighted by molar-refractivity contribution is 0.0917. The zero-order valence-electron chi connectivity index (χ0n) is 28.2. The molecule has 1 saturated heterocycles. The number of imidazole rings is 1. The molecule has 0 spiro atoms. The zero-order valence-corrected chi connectivity index (χ0v) is 29.9. The lowest BCUT2D eigenvalue weighted by atomic mass is 9.90. The van der Waals surface area contributed by atoms with Crippen LogP contribution in [0.25, 0.3) is 33.5 Å². The van der Waals surface area contributed by atoms with Crippen molar-refractivity contribution in [2.75, 3.05) is 26.2 Å². The Kier molecular flexibility index (Phi) is 10.1. The average molecular weight is 772 g/mol. The van der Waals surface area contributed by atoms with Crippen molar-refractivity contribution >= 4 is 39.6 Å². The van der Waals surface area contributed by atoms with Crippen LogP contribution in [0, 0.1) is 11.6 Å². The summed E-state index contributed by atoms with van der Waals surface area (Å²) in [6, 6.07) is 19.1. The highest BCUT2D eigenvalue weighted by atomic mass is 79.9. The molecule has 8 rings (SSSR count). The van der Waals surface area contributed by atoms with Crippen LogP contribution in [0.15, 0.2) is 94.9 Å². The Morgan fingerprint density at radius 2 is 1.65 bits per heavy atom. The number of fused-ring (bicyclic) bond motifs is 2. The number of aromatic nitrogens is 5. The fourth-order valence-corrected chi connectivity index (χ4v) is 7.30. The van der Waals surface area contributed by atoms with Crippen LogP contribution in [0.1, 0.15) is 47.8 Å². The highest BCUT2D eigenvalue weighted by Gasteiger charge is 2.29. The third-order valence-electron chi connectivity index (χ3n) is 9.94. The minimum Gasteiger partial charge on any atom is -0.348 e. The highest BCUT2D eigenvalue weighted by molar-refractivity contribution is 8.93. The molecule has 1 amide bonds. The molecule has 0 atom stereocenters. The van der Waals surface area contributed by atoms with Gasteiger partial charge in [-0.25, -0.2) is 28.1 Å². The molecule has 52 heavy (non-hydrogen) atoms. The van der Waals surface area contributed by atoms with Crippen molar-refractivity contribution in [3.63, 3.8) is 0 Å². The van der Waals surface area contributed by atoms with E-state index in [1.54, 1.807) is 6.07 Å². The van der Waals surface area contributed by atoms with Crippen molar-refractivity contribution in [2.24, 2.45) is 0 Å². The molecule has 5 heterocycles. The SMILES string of the molecule is Br.O=C(NC1CCC(n2c(=O)c3cc(F)cnc3n(-c3cccc(-c4ccc(CN5CCNCC5)cc4)c3)c2=O)CC1)c1cn2cc(F)ccc2n1. The largest absolute Gasteiger partial charge is 0.348 e. The summed E-state index contributed by atoms with van der Waals surface area (Å²) in [4.78, 5) is 52.1. The summed E-state index contributed by atoms with van der Waals surface area (Å²) in [5.41, 5.74) is 3.13. The molecule has 2 aliphatic rings. The minimum atomic E-state index is -0.674. The van der Waals surface area contributed by atoms with Crippen molar-refractivity contribution in [2.45, 2.75) is 44.3 Å². The van der Waals surface area contributed by atoms with E-state index in [0.717, 1.165) is 56.1 Å². The molecule has 1 aliphatic carbocycles. The third-order valence-corrected chi connectivity index (χ3v) is 9.94. The Bertz CT molecular complexity index is 2380. The number of hydrogen-bond acceptors (Lipinski definition) is 7. The number of rotatable bonds is 7. The van der Waals surface area contributed by atoms with Crippen molar-refractivity contribution in [1.29, 1.82) is 0 Å². The van der Waals surface area contributed by atoms with E-state index in [2.05, 4.69) is 49.8 Å². The Morgan fingerprint density at radius 3 is 2.42 bits per heavy atom. The predicted molar refractivity (Wildman–Crippen MR) is 199 cm³/mol. The smallest absolute Gasteiger partial charge is 0.337 e. The Labute approximate surface area is 307 Å². The number of nitrogens with zero attached hydrogens (tertiary/aromatic N) is 6. The maximum Gasteiger partial charge on any atom is 0.337 e. The molecule has 2 aromatic carbocycles. The number of carbonyl (C=O) groups excluding carboxylic acids is 1. The van der Waals surface area contributed by atoms with E-state index >= 15 is 0 Å². The number of carbonyl (C=O) groups is 1. The summed E-state index contributed by atoms with van der Waals surface area (Å²) in [7, 11) is 0. The van der Waals surface area contributed by atoms with Gasteiger partial charge in [-0.05, 0) is 72.7 Å². The van der Waals surface area contributed by atoms with Crippen LogP contribution < -0.4 is 21.9 Å². The van der Waals surface area contributed by atoms with E-state index in [1.165, 1.54) is 43.6 Å². The number of pyridine rings is 2. The lowest BCUT2D eigenvalue weighted by Gasteiger charge is -2.30. The van der Waals surface area contributed by atoms with Gasteiger partial charge in [-0.1, -0.05) is 36.4 Å². The Balaban J connectivity index is 0.00000420. The molecule has 4 aromatic heterocycles. The first-order valence-corrected chi connectivity index (χ1v) is 17.2. The van der Waals surface area contributed by atoms with Crippen LogP contribution >= 0.6 is 17.0 Å². The molecular weight excluding hydrogens is 734 g/mol. The van der Waals surface area contributed by atoms with Gasteiger partial charge < -0.3 is 15.0 Å². The van der Waals surface area contributed by atoms with Gasteiger partial charge in [-0.2, -0.15) is 0 Å². The van der Waals surface area contributed by atoms with Crippen LogP contribution in [0.3, 0.4) is 0 Å². The lowest BCUT2D eigenvalue weighted by Crippen LogP contribution is -2.45. The normalized spacial score (nSPS) is 18.0. The summed E-state index contributed by atoms with van der Waals surface area (Å²) in [6.45, 7) is 4.88. The molecule has 1 aliphatic heterocycles. The van der Waals surface area contributed by atoms with Crippen molar-refractivity contribution in [3.8, 4) is 16.8 Å². The fourth-order valence-electron chi connectivity index (χ4n) is 7.30. The number of piperazine rings is 1. The van der Waals surface area contributed by atoms with Crippen molar-refractivity contribution < 1.29 is 13.6 Å². The van der Waals surface area contributed by atoms with Gasteiger partial charge in [-0.15, -0.1) is 17.0 Å². The molecule has 1 saturated carbocycles. The van der Waals surface area contributed by atoms with Gasteiger partial charge in [-0.3, -0.25) is 19.1 Å². The van der Waals surface area contributed by atoms with E-state index < -0.39 is 28.9 Å². The average Bonchev–Trinajstić information content (AvgIpc) is 3.57. The second-order valence-corrected chi connectivity index (χ2v) is 13.3. The molecule has 0 bridgehead atoms. The molecule has 11 nitrogen and oxygen atoms in total. The van der Waals surface area contributed by atoms with Gasteiger partial charge in [0, 0.05) is 57.2 Å². The fraction of sp³-hybridized carbons (Fsp3) is 0.289. The van der Waals surface area contributed by atoms with E-state index in [9.17, 15) is 23.2 Å². The summed E-state index contributed by atoms with van der Waals surface area (Å²) in [6.07, 6.45) is 5.62. The van der Waals surface area contributed by atoms with Crippen LogP contribution in [-0.4, -0.2) is 66.5 Å². The summed E-state index contributed by atoms with van der Waals surface area (Å²) in [5, 5.41) is 6.38. The van der Waals surface area contributed by atoms with E-state index in [-0.39, 0.29) is 45.7 Å². The van der Waals surface area contributed by atoms with E-state index in [4.69, 9.17) is 0 Å². The van der Waals surface area contributed by atoms with E-state index in [1.807, 2.05) is 18.2 Å². The molecule has 0 radical (unpaired) electrons. The van der Waals surface area contributed by atoms with Crippen molar-refractivity contribution in [3.05, 3.63) is 129 Å². The van der Waals surface area contributed by atoms with Gasteiger partial charge in [0.05, 0.1) is 17.3 Å². The summed E-state index contributed by atoms with van der Waals surface area (Å²) < 4.78 is 32.2. The first-order chi connectivity index (χ1) is 24.8. The summed E-state index contributed by atoms with van der Waals surface area (Å²) >= 11 is 0. The van der Waals surface area contributed by atoms with Gasteiger partial charge in [0.15, 0.2) is 5.65 Å². The molecule has 2 fully saturated rings. The number of hydrogen-bond donors (Lipinski definition) is 2. The highest BCUT2D eigenvalue weighted by Crippen LogP contribution is 2.29. The standard InChI is InChI=1S/C38H36F2N8O3.BrH/c39-27-8-13-34-44-33(23-46(34)22-27)36(49)43-29-9-11-30(12-10-29)48-37(50)32-19-28(40)20-42-35(32)47(38(48)51)31-3-1-2-26(18-31)25-6-4-24(5-7-25)21-45-16-14-41-15-17-45;/h1-8,13,18-20,22-23,29-30,41H,9-12,14-17,21H2,(H,43,49);1H. The van der Waals surface area contributed by atoms with Gasteiger partial charge in [0.2, 0.25) is 0 Å². The Morgan fingerprint density at radius 1 is 0.885 bits per heavy atom. The second-order valence-electron chi connectivity index (χ2n) is 13.3. The maximum atomic E-state index is 14.5. The molecule has 14 heteroatoms. The number of halogens is 3. The van der Waals surface area contributed by atoms with Gasteiger partial charge in [0.1, 0.15) is 23.0 Å².